The molecular weight excluding hydrogens is 517 g/mol. The lowest BCUT2D eigenvalue weighted by molar-refractivity contribution is -0.137. The fourth-order valence-corrected chi connectivity index (χ4v) is 5.10. The second kappa shape index (κ2) is 8.69. The summed E-state index contributed by atoms with van der Waals surface area (Å²) >= 11 is 5.22. The average Bonchev–Trinajstić information content (AvgIpc) is 3.49. The summed E-state index contributed by atoms with van der Waals surface area (Å²) in [6.07, 6.45) is -0.105. The molecule has 0 atom stereocenters. The van der Waals surface area contributed by atoms with E-state index in [4.69, 9.17) is 17.0 Å². The van der Waals surface area contributed by atoms with E-state index in [9.17, 15) is 21.6 Å². The van der Waals surface area contributed by atoms with E-state index in [2.05, 4.69) is 20.3 Å². The van der Waals surface area contributed by atoms with Gasteiger partial charge in [-0.3, -0.25) is 4.40 Å². The molecule has 1 N–H and O–H groups in total. The van der Waals surface area contributed by atoms with Gasteiger partial charge in [0.2, 0.25) is 0 Å². The number of imidazole rings is 2. The van der Waals surface area contributed by atoms with Crippen molar-refractivity contribution in [1.82, 2.24) is 23.9 Å². The highest BCUT2D eigenvalue weighted by Gasteiger charge is 2.33. The van der Waals surface area contributed by atoms with Crippen LogP contribution >= 0.6 is 12.2 Å². The molecule has 9 nitrogen and oxygen atoms in total. The maximum atomic E-state index is 13.2. The second-order valence-electron chi connectivity index (χ2n) is 8.54. The SMILES string of the molecule is CCS(=O)(=O)c1c(-c2nc3cc(C(F)(F)F)cnc3n2C)nc2cc(NC(=S)OCC3CC3)ccn12. The van der Waals surface area contributed by atoms with Crippen LogP contribution in [0.5, 0.6) is 0 Å². The molecule has 4 aromatic rings. The fraction of sp³-hybridized carbons (Fsp3) is 0.364. The number of sulfone groups is 1. The fourth-order valence-electron chi connectivity index (χ4n) is 3.75. The summed E-state index contributed by atoms with van der Waals surface area (Å²) in [5.41, 5.74) is 0.0159. The molecule has 0 amide bonds. The number of aryl methyl sites for hydroxylation is 1. The van der Waals surface area contributed by atoms with Crippen molar-refractivity contribution in [3.63, 3.8) is 0 Å². The van der Waals surface area contributed by atoms with E-state index in [0.717, 1.165) is 18.9 Å². The van der Waals surface area contributed by atoms with Crippen LogP contribution in [0.2, 0.25) is 0 Å². The number of hydrogen-bond donors (Lipinski definition) is 1. The number of rotatable bonds is 6. The summed E-state index contributed by atoms with van der Waals surface area (Å²) in [6.45, 7) is 2.04. The summed E-state index contributed by atoms with van der Waals surface area (Å²) in [4.78, 5) is 12.7. The Morgan fingerprint density at radius 3 is 2.69 bits per heavy atom. The van der Waals surface area contributed by atoms with Crippen LogP contribution in [0.15, 0.2) is 35.6 Å². The van der Waals surface area contributed by atoms with E-state index in [1.54, 1.807) is 19.2 Å². The zero-order valence-corrected chi connectivity index (χ0v) is 20.8. The number of aromatic nitrogens is 5. The largest absolute Gasteiger partial charge is 0.471 e. The van der Waals surface area contributed by atoms with Gasteiger partial charge in [0.25, 0.3) is 5.17 Å². The quantitative estimate of drug-likeness (QED) is 0.364. The van der Waals surface area contributed by atoms with Crippen molar-refractivity contribution in [1.29, 1.82) is 0 Å². The first-order chi connectivity index (χ1) is 17.0. The molecule has 1 aliphatic carbocycles. The molecule has 0 aromatic carbocycles. The Kier molecular flexibility index (Phi) is 5.90. The molecule has 4 aromatic heterocycles. The molecule has 14 heteroatoms. The second-order valence-corrected chi connectivity index (χ2v) is 11.1. The Bertz CT molecular complexity index is 1610. The number of hydrogen-bond acceptors (Lipinski definition) is 7. The third-order valence-corrected chi connectivity index (χ3v) is 7.86. The summed E-state index contributed by atoms with van der Waals surface area (Å²) in [5.74, 6) is 0.386. The van der Waals surface area contributed by atoms with Gasteiger partial charge in [0.15, 0.2) is 26.3 Å². The Morgan fingerprint density at radius 2 is 2.03 bits per heavy atom. The van der Waals surface area contributed by atoms with Crippen LogP contribution in [0.25, 0.3) is 28.3 Å². The highest BCUT2D eigenvalue weighted by molar-refractivity contribution is 7.91. The van der Waals surface area contributed by atoms with Crippen LogP contribution in [0.4, 0.5) is 18.9 Å². The van der Waals surface area contributed by atoms with Gasteiger partial charge in [0.05, 0.1) is 17.9 Å². The van der Waals surface area contributed by atoms with Crippen molar-refractivity contribution in [2.24, 2.45) is 13.0 Å². The Hall–Kier alpha value is -3.26. The van der Waals surface area contributed by atoms with Gasteiger partial charge >= 0.3 is 6.18 Å². The van der Waals surface area contributed by atoms with Gasteiger partial charge in [0.1, 0.15) is 16.9 Å². The minimum Gasteiger partial charge on any atom is -0.471 e. The first-order valence-electron chi connectivity index (χ1n) is 11.1. The molecule has 36 heavy (non-hydrogen) atoms. The molecule has 1 saturated carbocycles. The minimum atomic E-state index is -4.59. The number of fused-ring (bicyclic) bond motifs is 2. The van der Waals surface area contributed by atoms with Gasteiger partial charge in [0, 0.05) is 31.2 Å². The van der Waals surface area contributed by atoms with E-state index in [0.29, 0.717) is 24.4 Å². The van der Waals surface area contributed by atoms with Crippen LogP contribution in [-0.2, 0) is 27.8 Å². The monoisotopic (exact) mass is 538 g/mol. The highest BCUT2D eigenvalue weighted by Crippen LogP contribution is 2.34. The molecule has 5 rings (SSSR count). The molecular formula is C22H21F3N6O3S2. The van der Waals surface area contributed by atoms with E-state index < -0.39 is 21.6 Å². The predicted molar refractivity (Wildman–Crippen MR) is 130 cm³/mol. The Labute approximate surface area is 209 Å². The van der Waals surface area contributed by atoms with Gasteiger partial charge in [-0.15, -0.1) is 0 Å². The first kappa shape index (κ1) is 24.4. The molecule has 190 valence electrons. The molecule has 1 aliphatic rings. The zero-order valence-electron chi connectivity index (χ0n) is 19.2. The van der Waals surface area contributed by atoms with Crippen LogP contribution in [-0.4, -0.2) is 49.9 Å². The van der Waals surface area contributed by atoms with Crippen molar-refractivity contribution in [3.05, 3.63) is 36.2 Å². The van der Waals surface area contributed by atoms with E-state index in [1.165, 1.54) is 22.1 Å². The van der Waals surface area contributed by atoms with E-state index in [-0.39, 0.29) is 44.3 Å². The lowest BCUT2D eigenvalue weighted by Crippen LogP contribution is -2.15. The molecule has 0 bridgehead atoms. The summed E-state index contributed by atoms with van der Waals surface area (Å²) in [6, 6.07) is 4.11. The maximum absolute atomic E-state index is 13.2. The predicted octanol–water partition coefficient (Wildman–Crippen LogP) is 4.22. The molecule has 1 fully saturated rings. The molecule has 0 aliphatic heterocycles. The van der Waals surface area contributed by atoms with Crippen molar-refractivity contribution in [3.8, 4) is 11.5 Å². The summed E-state index contributed by atoms with van der Waals surface area (Å²) in [7, 11) is -2.28. The summed E-state index contributed by atoms with van der Waals surface area (Å²) < 4.78 is 74.1. The number of alkyl halides is 3. The number of pyridine rings is 2. The molecule has 0 radical (unpaired) electrons. The number of ether oxygens (including phenoxy) is 1. The number of anilines is 1. The third-order valence-electron chi connectivity index (χ3n) is 5.90. The molecule has 0 unspecified atom stereocenters. The Balaban J connectivity index is 1.61. The standard InChI is InChI=1S/C22H21F3N6O3S2/c1-3-36(32,33)20-17(19-28-15-8-13(22(23,24)25)10-26-18(15)30(19)2)29-16-9-14(6-7-31(16)20)27-21(35)34-11-12-4-5-12/h6-10,12H,3-5,11H2,1-2H3,(H,27,35). The van der Waals surface area contributed by atoms with Crippen LogP contribution in [0.3, 0.4) is 0 Å². The molecule has 0 saturated heterocycles. The maximum Gasteiger partial charge on any atom is 0.417 e. The van der Waals surface area contributed by atoms with Crippen LogP contribution in [0, 0.1) is 5.92 Å². The van der Waals surface area contributed by atoms with Gasteiger partial charge in [-0.1, -0.05) is 6.92 Å². The number of halogens is 3. The van der Waals surface area contributed by atoms with Gasteiger partial charge in [-0.05, 0) is 43.1 Å². The zero-order chi connectivity index (χ0) is 25.8. The molecule has 4 heterocycles. The first-order valence-corrected chi connectivity index (χ1v) is 13.1. The van der Waals surface area contributed by atoms with Crippen molar-refractivity contribution in [2.75, 3.05) is 17.7 Å². The van der Waals surface area contributed by atoms with E-state index in [1.807, 2.05) is 0 Å². The highest BCUT2D eigenvalue weighted by atomic mass is 32.2. The Morgan fingerprint density at radius 1 is 1.28 bits per heavy atom. The third kappa shape index (κ3) is 4.50. The van der Waals surface area contributed by atoms with Gasteiger partial charge in [-0.2, -0.15) is 13.2 Å². The van der Waals surface area contributed by atoms with Crippen LogP contribution in [0.1, 0.15) is 25.3 Å². The van der Waals surface area contributed by atoms with Gasteiger partial charge in [-0.25, -0.2) is 23.4 Å². The average molecular weight is 539 g/mol. The number of thiocarbonyl (C=S) groups is 1. The number of nitrogens with zero attached hydrogens (tertiary/aromatic N) is 5. The van der Waals surface area contributed by atoms with E-state index >= 15 is 0 Å². The lowest BCUT2D eigenvalue weighted by Gasteiger charge is -2.10. The normalized spacial score (nSPS) is 14.5. The van der Waals surface area contributed by atoms with Crippen molar-refractivity contribution < 1.29 is 26.3 Å². The topological polar surface area (TPSA) is 103 Å². The molecule has 0 spiro atoms. The lowest BCUT2D eigenvalue weighted by atomic mass is 10.2. The minimum absolute atomic E-state index is 0.00983. The smallest absolute Gasteiger partial charge is 0.417 e. The summed E-state index contributed by atoms with van der Waals surface area (Å²) in [5, 5.41) is 3.04. The van der Waals surface area contributed by atoms with Crippen molar-refractivity contribution >= 4 is 49.7 Å². The van der Waals surface area contributed by atoms with Crippen LogP contribution < -0.4 is 5.32 Å². The van der Waals surface area contributed by atoms with Gasteiger partial charge < -0.3 is 14.6 Å². The number of nitrogens with one attached hydrogen (secondary N) is 1. The van der Waals surface area contributed by atoms with Crippen molar-refractivity contribution in [2.45, 2.75) is 31.0 Å².